The summed E-state index contributed by atoms with van der Waals surface area (Å²) >= 11 is 1.64. The Hall–Kier alpha value is -2.67. The van der Waals surface area contributed by atoms with Gasteiger partial charge in [-0.2, -0.15) is 0 Å². The van der Waals surface area contributed by atoms with E-state index >= 15 is 0 Å². The third-order valence-electron chi connectivity index (χ3n) is 5.80. The molecule has 0 saturated heterocycles. The van der Waals surface area contributed by atoms with Crippen LogP contribution in [0.4, 0.5) is 0 Å². The summed E-state index contributed by atoms with van der Waals surface area (Å²) < 4.78 is 7.92. The third kappa shape index (κ3) is 3.99. The molecule has 1 fully saturated rings. The molecule has 7 heteroatoms. The Morgan fingerprint density at radius 2 is 1.80 bits per heavy atom. The average Bonchev–Trinajstić information content (AvgIpc) is 3.39. The van der Waals surface area contributed by atoms with E-state index in [9.17, 15) is 0 Å². The van der Waals surface area contributed by atoms with E-state index in [1.54, 1.807) is 11.8 Å². The highest BCUT2D eigenvalue weighted by molar-refractivity contribution is 7.98. The summed E-state index contributed by atoms with van der Waals surface area (Å²) in [5.74, 6) is 2.88. The van der Waals surface area contributed by atoms with Crippen LogP contribution in [0, 0.1) is 6.92 Å². The summed E-state index contributed by atoms with van der Waals surface area (Å²) in [7, 11) is 0. The van der Waals surface area contributed by atoms with Crippen LogP contribution in [0.5, 0.6) is 0 Å². The minimum Gasteiger partial charge on any atom is -0.425 e. The number of rotatable bonds is 6. The zero-order valence-corrected chi connectivity index (χ0v) is 17.9. The lowest BCUT2D eigenvalue weighted by atomic mass is 9.95. The van der Waals surface area contributed by atoms with Crippen molar-refractivity contribution in [1.29, 1.82) is 0 Å². The van der Waals surface area contributed by atoms with Crippen LogP contribution in [0.25, 0.3) is 10.8 Å². The molecule has 0 spiro atoms. The van der Waals surface area contributed by atoms with Crippen molar-refractivity contribution in [2.24, 2.45) is 0 Å². The van der Waals surface area contributed by atoms with Gasteiger partial charge in [0.2, 0.25) is 11.8 Å². The van der Waals surface area contributed by atoms with Gasteiger partial charge in [0.25, 0.3) is 0 Å². The number of benzene rings is 2. The third-order valence-corrected chi connectivity index (χ3v) is 6.72. The fourth-order valence-corrected chi connectivity index (χ4v) is 5.23. The lowest BCUT2D eigenvalue weighted by Crippen LogP contribution is -2.17. The van der Waals surface area contributed by atoms with Gasteiger partial charge in [-0.3, -0.25) is 0 Å². The molecule has 5 rings (SSSR count). The summed E-state index contributed by atoms with van der Waals surface area (Å²) in [6, 6.07) is 15.5. The molecule has 2 aromatic heterocycles. The van der Waals surface area contributed by atoms with E-state index in [1.165, 1.54) is 48.4 Å². The van der Waals surface area contributed by atoms with Crippen molar-refractivity contribution in [3.8, 4) is 0 Å². The highest BCUT2D eigenvalue weighted by Gasteiger charge is 2.24. The van der Waals surface area contributed by atoms with Crippen molar-refractivity contribution in [2.45, 2.75) is 62.4 Å². The Balaban J connectivity index is 1.47. The molecule has 2 aromatic carbocycles. The molecule has 0 atom stereocenters. The summed E-state index contributed by atoms with van der Waals surface area (Å²) in [5, 5.41) is 20.8. The summed E-state index contributed by atoms with van der Waals surface area (Å²) in [6.07, 6.45) is 7.01. The first-order chi connectivity index (χ1) is 14.8. The smallest absolute Gasteiger partial charge is 0.226 e. The van der Waals surface area contributed by atoms with Gasteiger partial charge in [-0.05, 0) is 29.2 Å². The van der Waals surface area contributed by atoms with Gasteiger partial charge in [0.05, 0.1) is 5.75 Å². The van der Waals surface area contributed by atoms with Gasteiger partial charge in [-0.1, -0.05) is 73.5 Å². The Morgan fingerprint density at radius 1 is 0.967 bits per heavy atom. The van der Waals surface area contributed by atoms with Gasteiger partial charge in [-0.15, -0.1) is 20.4 Å². The molecule has 0 aliphatic heterocycles. The predicted octanol–water partition coefficient (Wildman–Crippen LogP) is 5.51. The van der Waals surface area contributed by atoms with Crippen molar-refractivity contribution in [2.75, 3.05) is 0 Å². The van der Waals surface area contributed by atoms with E-state index < -0.39 is 0 Å². The SMILES string of the molecule is Cc1nnc(CSc2nnc(Cc3cccc4ccccc34)n2C2CCCCC2)o1. The Labute approximate surface area is 180 Å². The van der Waals surface area contributed by atoms with Crippen LogP contribution >= 0.6 is 11.8 Å². The lowest BCUT2D eigenvalue weighted by molar-refractivity contribution is 0.330. The van der Waals surface area contributed by atoms with Gasteiger partial charge in [0, 0.05) is 19.4 Å². The Kier molecular flexibility index (Phi) is 5.53. The number of thioether (sulfide) groups is 1. The second-order valence-electron chi connectivity index (χ2n) is 7.88. The number of fused-ring (bicyclic) bond motifs is 1. The van der Waals surface area contributed by atoms with E-state index in [-0.39, 0.29) is 0 Å². The number of aromatic nitrogens is 5. The van der Waals surface area contributed by atoms with Crippen molar-refractivity contribution < 1.29 is 4.42 Å². The van der Waals surface area contributed by atoms with Gasteiger partial charge < -0.3 is 8.98 Å². The van der Waals surface area contributed by atoms with Crippen LogP contribution in [0.3, 0.4) is 0 Å². The Bertz CT molecular complexity index is 1140. The molecule has 1 saturated carbocycles. The number of hydrogen-bond acceptors (Lipinski definition) is 6. The number of aryl methyl sites for hydroxylation is 1. The van der Waals surface area contributed by atoms with E-state index in [0.29, 0.717) is 23.6 Å². The molecule has 154 valence electrons. The van der Waals surface area contributed by atoms with Gasteiger partial charge in [-0.25, -0.2) is 0 Å². The lowest BCUT2D eigenvalue weighted by Gasteiger charge is -2.25. The molecule has 0 N–H and O–H groups in total. The maximum atomic E-state index is 5.54. The molecular weight excluding hydrogens is 394 g/mol. The molecule has 1 aliphatic rings. The van der Waals surface area contributed by atoms with E-state index in [0.717, 1.165) is 17.4 Å². The molecule has 0 bridgehead atoms. The van der Waals surface area contributed by atoms with Gasteiger partial charge in [0.15, 0.2) is 5.16 Å². The molecule has 0 radical (unpaired) electrons. The average molecular weight is 420 g/mol. The molecule has 1 aliphatic carbocycles. The zero-order chi connectivity index (χ0) is 20.3. The fraction of sp³-hybridized carbons (Fsp3) is 0.391. The zero-order valence-electron chi connectivity index (χ0n) is 17.1. The monoisotopic (exact) mass is 419 g/mol. The fourth-order valence-electron chi connectivity index (χ4n) is 4.37. The topological polar surface area (TPSA) is 69.6 Å². The van der Waals surface area contributed by atoms with Crippen LogP contribution in [0.15, 0.2) is 52.0 Å². The van der Waals surface area contributed by atoms with Crippen LogP contribution in [0.1, 0.15) is 61.3 Å². The van der Waals surface area contributed by atoms with E-state index in [4.69, 9.17) is 4.42 Å². The van der Waals surface area contributed by atoms with Crippen LogP contribution in [-0.4, -0.2) is 25.0 Å². The van der Waals surface area contributed by atoms with Gasteiger partial charge >= 0.3 is 0 Å². The molecule has 2 heterocycles. The standard InChI is InChI=1S/C23H25N5OS/c1-16-24-26-22(29-16)15-30-23-27-25-21(28(23)19-11-3-2-4-12-19)14-18-10-7-9-17-8-5-6-13-20(17)18/h5-10,13,19H,2-4,11-12,14-15H2,1H3. The van der Waals surface area contributed by atoms with Crippen molar-refractivity contribution >= 4 is 22.5 Å². The minimum atomic E-state index is 0.464. The summed E-state index contributed by atoms with van der Waals surface area (Å²) in [5.41, 5.74) is 1.29. The maximum Gasteiger partial charge on any atom is 0.226 e. The van der Waals surface area contributed by atoms with Crippen molar-refractivity contribution in [3.63, 3.8) is 0 Å². The van der Waals surface area contributed by atoms with Crippen LogP contribution < -0.4 is 0 Å². The minimum absolute atomic E-state index is 0.464. The van der Waals surface area contributed by atoms with Gasteiger partial charge in [0.1, 0.15) is 5.82 Å². The molecule has 4 aromatic rings. The first-order valence-corrected chi connectivity index (χ1v) is 11.6. The highest BCUT2D eigenvalue weighted by Crippen LogP contribution is 2.34. The highest BCUT2D eigenvalue weighted by atomic mass is 32.2. The molecule has 0 amide bonds. The number of nitrogens with zero attached hydrogens (tertiary/aromatic N) is 5. The first-order valence-electron chi connectivity index (χ1n) is 10.6. The largest absolute Gasteiger partial charge is 0.425 e. The second kappa shape index (κ2) is 8.60. The van der Waals surface area contributed by atoms with E-state index in [1.807, 2.05) is 6.92 Å². The van der Waals surface area contributed by atoms with Crippen LogP contribution in [0.2, 0.25) is 0 Å². The van der Waals surface area contributed by atoms with Crippen molar-refractivity contribution in [1.82, 2.24) is 25.0 Å². The first kappa shape index (κ1) is 19.3. The second-order valence-corrected chi connectivity index (χ2v) is 8.82. The van der Waals surface area contributed by atoms with E-state index in [2.05, 4.69) is 67.4 Å². The predicted molar refractivity (Wildman–Crippen MR) is 117 cm³/mol. The molecule has 30 heavy (non-hydrogen) atoms. The molecular formula is C23H25N5OS. The normalized spacial score (nSPS) is 15.1. The summed E-state index contributed by atoms with van der Waals surface area (Å²) in [6.45, 7) is 1.81. The summed E-state index contributed by atoms with van der Waals surface area (Å²) in [4.78, 5) is 0. The van der Waals surface area contributed by atoms with Crippen LogP contribution in [-0.2, 0) is 12.2 Å². The molecule has 6 nitrogen and oxygen atoms in total. The number of hydrogen-bond donors (Lipinski definition) is 0. The Morgan fingerprint density at radius 3 is 2.63 bits per heavy atom. The molecule has 0 unspecified atom stereocenters. The maximum absolute atomic E-state index is 5.54. The van der Waals surface area contributed by atoms with Crippen molar-refractivity contribution in [3.05, 3.63) is 65.6 Å². The quantitative estimate of drug-likeness (QED) is 0.384.